The Morgan fingerprint density at radius 1 is 1.20 bits per heavy atom. The summed E-state index contributed by atoms with van der Waals surface area (Å²) in [6.45, 7) is 0.778. The fraction of sp³-hybridized carbons (Fsp3) is 0.316. The van der Waals surface area contributed by atoms with Crippen molar-refractivity contribution in [1.82, 2.24) is 10.6 Å². The van der Waals surface area contributed by atoms with Gasteiger partial charge in [-0.25, -0.2) is 0 Å². The van der Waals surface area contributed by atoms with E-state index < -0.39 is 0 Å². The van der Waals surface area contributed by atoms with Gasteiger partial charge in [0.1, 0.15) is 5.75 Å². The summed E-state index contributed by atoms with van der Waals surface area (Å²) in [5, 5.41) is 9.04. The molecule has 1 aliphatic rings. The van der Waals surface area contributed by atoms with Gasteiger partial charge in [0.15, 0.2) is 5.96 Å². The summed E-state index contributed by atoms with van der Waals surface area (Å²) in [4.78, 5) is 5.59. The SMILES string of the molecule is CN=C(NCc1cc(-c2ccc(OC)cc2)cs1)NC1CC=CC1.I. The Bertz CT molecular complexity index is 717. The van der Waals surface area contributed by atoms with E-state index in [1.807, 2.05) is 19.2 Å². The van der Waals surface area contributed by atoms with E-state index in [-0.39, 0.29) is 24.0 Å². The molecule has 4 nitrogen and oxygen atoms in total. The van der Waals surface area contributed by atoms with E-state index in [9.17, 15) is 0 Å². The maximum absolute atomic E-state index is 5.21. The molecule has 0 fully saturated rings. The van der Waals surface area contributed by atoms with Crippen molar-refractivity contribution < 1.29 is 4.74 Å². The third-order valence-corrected chi connectivity index (χ3v) is 5.02. The number of nitrogens with zero attached hydrogens (tertiary/aromatic N) is 1. The maximum Gasteiger partial charge on any atom is 0.191 e. The number of benzene rings is 1. The van der Waals surface area contributed by atoms with Crippen LogP contribution >= 0.6 is 35.3 Å². The topological polar surface area (TPSA) is 45.7 Å². The summed E-state index contributed by atoms with van der Waals surface area (Å²) in [5.74, 6) is 1.75. The molecule has 0 atom stereocenters. The average molecular weight is 469 g/mol. The molecule has 0 saturated heterocycles. The van der Waals surface area contributed by atoms with E-state index in [4.69, 9.17) is 4.74 Å². The van der Waals surface area contributed by atoms with E-state index in [1.54, 1.807) is 18.4 Å². The van der Waals surface area contributed by atoms with Crippen LogP contribution in [0.5, 0.6) is 5.75 Å². The molecule has 134 valence electrons. The molecule has 2 aromatic rings. The van der Waals surface area contributed by atoms with Gasteiger partial charge in [-0.05, 0) is 47.5 Å². The Kier molecular flexibility index (Phi) is 7.77. The molecule has 0 unspecified atom stereocenters. The first-order valence-corrected chi connectivity index (χ1v) is 9.00. The van der Waals surface area contributed by atoms with Crippen LogP contribution in [0.25, 0.3) is 11.1 Å². The van der Waals surface area contributed by atoms with Gasteiger partial charge in [-0.2, -0.15) is 0 Å². The first-order chi connectivity index (χ1) is 11.8. The maximum atomic E-state index is 5.21. The lowest BCUT2D eigenvalue weighted by Gasteiger charge is -2.16. The molecular weight excluding hydrogens is 445 g/mol. The van der Waals surface area contributed by atoms with Gasteiger partial charge in [0.05, 0.1) is 13.7 Å². The molecule has 1 heterocycles. The first-order valence-electron chi connectivity index (χ1n) is 8.12. The molecule has 3 rings (SSSR count). The van der Waals surface area contributed by atoms with Gasteiger partial charge in [-0.3, -0.25) is 4.99 Å². The molecule has 0 radical (unpaired) electrons. The second-order valence-corrected chi connectivity index (χ2v) is 6.74. The largest absolute Gasteiger partial charge is 0.497 e. The molecule has 0 aliphatic heterocycles. The van der Waals surface area contributed by atoms with Crippen LogP contribution in [0, 0.1) is 0 Å². The van der Waals surface area contributed by atoms with Crippen molar-refractivity contribution in [2.75, 3.05) is 14.2 Å². The van der Waals surface area contributed by atoms with E-state index in [0.29, 0.717) is 6.04 Å². The average Bonchev–Trinajstić information content (AvgIpc) is 3.30. The number of hydrogen-bond acceptors (Lipinski definition) is 3. The Hall–Kier alpha value is -1.54. The van der Waals surface area contributed by atoms with Crippen LogP contribution in [-0.4, -0.2) is 26.2 Å². The zero-order chi connectivity index (χ0) is 16.8. The molecule has 1 aromatic carbocycles. The number of aliphatic imine (C=N–C) groups is 1. The van der Waals surface area contributed by atoms with Crippen LogP contribution in [0.1, 0.15) is 17.7 Å². The number of nitrogens with one attached hydrogen (secondary N) is 2. The minimum absolute atomic E-state index is 0. The van der Waals surface area contributed by atoms with Crippen LogP contribution in [0.3, 0.4) is 0 Å². The van der Waals surface area contributed by atoms with Gasteiger partial charge in [0.25, 0.3) is 0 Å². The van der Waals surface area contributed by atoms with Crippen molar-refractivity contribution in [3.05, 3.63) is 52.7 Å². The molecule has 0 bridgehead atoms. The third kappa shape index (κ3) is 5.47. The summed E-state index contributed by atoms with van der Waals surface area (Å²) in [6, 6.07) is 10.9. The number of halogens is 1. The van der Waals surface area contributed by atoms with Gasteiger partial charge in [0, 0.05) is 18.0 Å². The van der Waals surface area contributed by atoms with E-state index in [2.05, 4.69) is 51.4 Å². The summed E-state index contributed by atoms with van der Waals surface area (Å²) in [7, 11) is 3.50. The minimum Gasteiger partial charge on any atom is -0.497 e. The molecule has 1 aliphatic carbocycles. The van der Waals surface area contributed by atoms with Crippen molar-refractivity contribution in [3.8, 4) is 16.9 Å². The van der Waals surface area contributed by atoms with E-state index in [0.717, 1.165) is 31.1 Å². The highest BCUT2D eigenvalue weighted by atomic mass is 127. The van der Waals surface area contributed by atoms with E-state index >= 15 is 0 Å². The standard InChI is InChI=1S/C19H23N3OS.HI/c1-20-19(22-16-5-3-4-6-16)21-12-18-11-15(13-24-18)14-7-9-17(23-2)10-8-14;/h3-4,7-11,13,16H,5-6,12H2,1-2H3,(H2,20,21,22);1H. The Labute approximate surface area is 170 Å². The minimum atomic E-state index is 0. The monoisotopic (exact) mass is 469 g/mol. The van der Waals surface area contributed by atoms with Gasteiger partial charge >= 0.3 is 0 Å². The molecule has 0 saturated carbocycles. The molecule has 0 amide bonds. The van der Waals surface area contributed by atoms with Crippen LogP contribution in [0.2, 0.25) is 0 Å². The number of ether oxygens (including phenoxy) is 1. The Morgan fingerprint density at radius 3 is 2.56 bits per heavy atom. The Balaban J connectivity index is 0.00000225. The summed E-state index contributed by atoms with van der Waals surface area (Å²) in [5.41, 5.74) is 2.44. The smallest absolute Gasteiger partial charge is 0.191 e. The van der Waals surface area contributed by atoms with Crippen molar-refractivity contribution in [1.29, 1.82) is 0 Å². The quantitative estimate of drug-likeness (QED) is 0.295. The highest BCUT2D eigenvalue weighted by molar-refractivity contribution is 14.0. The normalized spacial score (nSPS) is 14.2. The van der Waals surface area contributed by atoms with Crippen molar-refractivity contribution in [2.24, 2.45) is 4.99 Å². The van der Waals surface area contributed by atoms with Gasteiger partial charge in [-0.15, -0.1) is 35.3 Å². The fourth-order valence-electron chi connectivity index (χ4n) is 2.70. The highest BCUT2D eigenvalue weighted by Gasteiger charge is 2.11. The zero-order valence-electron chi connectivity index (χ0n) is 14.5. The lowest BCUT2D eigenvalue weighted by molar-refractivity contribution is 0.415. The van der Waals surface area contributed by atoms with Gasteiger partial charge < -0.3 is 15.4 Å². The van der Waals surface area contributed by atoms with Crippen LogP contribution in [-0.2, 0) is 6.54 Å². The number of hydrogen-bond donors (Lipinski definition) is 2. The van der Waals surface area contributed by atoms with Crippen molar-refractivity contribution in [2.45, 2.75) is 25.4 Å². The predicted octanol–water partition coefficient (Wildman–Crippen LogP) is 4.43. The summed E-state index contributed by atoms with van der Waals surface area (Å²) >= 11 is 1.76. The molecule has 6 heteroatoms. The Morgan fingerprint density at radius 2 is 1.92 bits per heavy atom. The summed E-state index contributed by atoms with van der Waals surface area (Å²) in [6.07, 6.45) is 6.57. The second kappa shape index (κ2) is 9.82. The predicted molar refractivity (Wildman–Crippen MR) is 117 cm³/mol. The van der Waals surface area contributed by atoms with Crippen molar-refractivity contribution >= 4 is 41.3 Å². The molecule has 1 aromatic heterocycles. The van der Waals surface area contributed by atoms with E-state index in [1.165, 1.54) is 16.0 Å². The highest BCUT2D eigenvalue weighted by Crippen LogP contribution is 2.27. The first kappa shape index (κ1) is 19.8. The fourth-order valence-corrected chi connectivity index (χ4v) is 3.54. The van der Waals surface area contributed by atoms with Crippen LogP contribution in [0.15, 0.2) is 52.9 Å². The molecular formula is C19H24IN3OS. The number of rotatable bonds is 5. The van der Waals surface area contributed by atoms with Crippen LogP contribution < -0.4 is 15.4 Å². The van der Waals surface area contributed by atoms with Gasteiger partial charge in [-0.1, -0.05) is 24.3 Å². The number of thiophene rings is 1. The molecule has 0 spiro atoms. The third-order valence-electron chi connectivity index (χ3n) is 4.08. The lowest BCUT2D eigenvalue weighted by Crippen LogP contribution is -2.41. The second-order valence-electron chi connectivity index (χ2n) is 5.74. The molecule has 2 N–H and O–H groups in total. The summed E-state index contributed by atoms with van der Waals surface area (Å²) < 4.78 is 5.21. The zero-order valence-corrected chi connectivity index (χ0v) is 17.6. The van der Waals surface area contributed by atoms with Crippen LogP contribution in [0.4, 0.5) is 0 Å². The number of guanidine groups is 1. The van der Waals surface area contributed by atoms with Gasteiger partial charge in [0.2, 0.25) is 0 Å². The lowest BCUT2D eigenvalue weighted by atomic mass is 10.1. The number of methoxy groups -OCH3 is 1. The molecule has 25 heavy (non-hydrogen) atoms. The van der Waals surface area contributed by atoms with Crippen molar-refractivity contribution in [3.63, 3.8) is 0 Å².